The lowest BCUT2D eigenvalue weighted by Gasteiger charge is -2.23. The fraction of sp³-hybridized carbons (Fsp3) is 0.769. The Morgan fingerprint density at radius 2 is 2.12 bits per heavy atom. The third-order valence-corrected chi connectivity index (χ3v) is 2.83. The highest BCUT2D eigenvalue weighted by Gasteiger charge is 2.12. The predicted molar refractivity (Wildman–Crippen MR) is 72.0 cm³/mol. The van der Waals surface area contributed by atoms with Gasteiger partial charge in [0.2, 0.25) is 0 Å². The second-order valence-corrected chi connectivity index (χ2v) is 5.44. The lowest BCUT2D eigenvalue weighted by Crippen LogP contribution is -2.39. The molecule has 0 saturated carbocycles. The SMILES string of the molecule is Cc1[nH]cnc1CNC(CC(C)C)CN(C)C. The molecule has 0 radical (unpaired) electrons. The summed E-state index contributed by atoms with van der Waals surface area (Å²) in [6.45, 7) is 8.52. The summed E-state index contributed by atoms with van der Waals surface area (Å²) in [7, 11) is 4.24. The number of rotatable bonds is 7. The molecule has 0 fully saturated rings. The fourth-order valence-corrected chi connectivity index (χ4v) is 2.04. The van der Waals surface area contributed by atoms with Crippen molar-refractivity contribution in [2.75, 3.05) is 20.6 Å². The van der Waals surface area contributed by atoms with E-state index in [1.54, 1.807) is 6.33 Å². The summed E-state index contributed by atoms with van der Waals surface area (Å²) in [5.41, 5.74) is 2.28. The maximum atomic E-state index is 4.31. The number of imidazole rings is 1. The van der Waals surface area contributed by atoms with Gasteiger partial charge in [0.1, 0.15) is 0 Å². The van der Waals surface area contributed by atoms with Crippen LogP contribution in [0.3, 0.4) is 0 Å². The topological polar surface area (TPSA) is 44.0 Å². The third-order valence-electron chi connectivity index (χ3n) is 2.83. The number of likely N-dealkylation sites (N-methyl/N-ethyl adjacent to an activating group) is 1. The highest BCUT2D eigenvalue weighted by Crippen LogP contribution is 2.07. The van der Waals surface area contributed by atoms with E-state index >= 15 is 0 Å². The maximum absolute atomic E-state index is 4.31. The molecule has 0 spiro atoms. The number of aromatic amines is 1. The summed E-state index contributed by atoms with van der Waals surface area (Å²) in [6.07, 6.45) is 2.96. The van der Waals surface area contributed by atoms with Gasteiger partial charge in [-0.1, -0.05) is 13.8 Å². The summed E-state index contributed by atoms with van der Waals surface area (Å²) in [5.74, 6) is 0.715. The Morgan fingerprint density at radius 1 is 1.41 bits per heavy atom. The average Bonchev–Trinajstić information content (AvgIpc) is 2.59. The Kier molecular flexibility index (Phi) is 5.65. The molecule has 1 unspecified atom stereocenters. The van der Waals surface area contributed by atoms with Crippen LogP contribution in [0.2, 0.25) is 0 Å². The normalized spacial score (nSPS) is 13.6. The van der Waals surface area contributed by atoms with Crippen LogP contribution in [0.4, 0.5) is 0 Å². The van der Waals surface area contributed by atoms with Gasteiger partial charge in [-0.05, 0) is 33.4 Å². The van der Waals surface area contributed by atoms with Crippen LogP contribution in [0.15, 0.2) is 6.33 Å². The zero-order valence-corrected chi connectivity index (χ0v) is 11.7. The van der Waals surface area contributed by atoms with Crippen molar-refractivity contribution < 1.29 is 0 Å². The molecule has 1 rings (SSSR count). The minimum absolute atomic E-state index is 0.529. The minimum Gasteiger partial charge on any atom is -0.348 e. The molecule has 0 amide bonds. The third kappa shape index (κ3) is 5.33. The molecule has 0 aliphatic carbocycles. The molecule has 0 aliphatic heterocycles. The lowest BCUT2D eigenvalue weighted by molar-refractivity contribution is 0.304. The maximum Gasteiger partial charge on any atom is 0.0925 e. The Bertz CT molecular complexity index is 307. The second kappa shape index (κ2) is 6.77. The number of aryl methyl sites for hydroxylation is 1. The Labute approximate surface area is 105 Å². The standard InChI is InChI=1S/C13H26N4/c1-10(2)6-12(8-17(4)5)14-7-13-11(3)15-9-16-13/h9-10,12,14H,6-8H2,1-5H3,(H,15,16). The van der Waals surface area contributed by atoms with Crippen LogP contribution in [0, 0.1) is 12.8 Å². The van der Waals surface area contributed by atoms with E-state index in [0.29, 0.717) is 12.0 Å². The summed E-state index contributed by atoms with van der Waals surface area (Å²) in [6, 6.07) is 0.529. The van der Waals surface area contributed by atoms with Gasteiger partial charge in [-0.2, -0.15) is 0 Å². The summed E-state index contributed by atoms with van der Waals surface area (Å²) in [4.78, 5) is 9.66. The van der Waals surface area contributed by atoms with Gasteiger partial charge in [-0.25, -0.2) is 4.98 Å². The van der Waals surface area contributed by atoms with Crippen molar-refractivity contribution in [2.45, 2.75) is 39.8 Å². The zero-order chi connectivity index (χ0) is 12.8. The van der Waals surface area contributed by atoms with Gasteiger partial charge in [0.15, 0.2) is 0 Å². The first-order valence-corrected chi connectivity index (χ1v) is 6.36. The molecular weight excluding hydrogens is 212 g/mol. The molecule has 4 nitrogen and oxygen atoms in total. The molecule has 2 N–H and O–H groups in total. The number of nitrogens with one attached hydrogen (secondary N) is 2. The molecule has 1 atom stereocenters. The van der Waals surface area contributed by atoms with Crippen molar-refractivity contribution in [1.82, 2.24) is 20.2 Å². The van der Waals surface area contributed by atoms with Gasteiger partial charge in [0.05, 0.1) is 12.0 Å². The van der Waals surface area contributed by atoms with Crippen molar-refractivity contribution in [2.24, 2.45) is 5.92 Å². The van der Waals surface area contributed by atoms with Crippen LogP contribution in [0.25, 0.3) is 0 Å². The molecule has 0 bridgehead atoms. The largest absolute Gasteiger partial charge is 0.348 e. The van der Waals surface area contributed by atoms with E-state index < -0.39 is 0 Å². The molecule has 1 aromatic rings. The van der Waals surface area contributed by atoms with Crippen LogP contribution in [-0.4, -0.2) is 41.5 Å². The number of aromatic nitrogens is 2. The minimum atomic E-state index is 0.529. The van der Waals surface area contributed by atoms with Gasteiger partial charge in [0.25, 0.3) is 0 Å². The van der Waals surface area contributed by atoms with E-state index in [0.717, 1.165) is 24.5 Å². The highest BCUT2D eigenvalue weighted by molar-refractivity contribution is 5.08. The van der Waals surface area contributed by atoms with E-state index in [1.165, 1.54) is 6.42 Å². The first-order valence-electron chi connectivity index (χ1n) is 6.36. The predicted octanol–water partition coefficient (Wildman–Crippen LogP) is 1.78. The van der Waals surface area contributed by atoms with Crippen LogP contribution in [-0.2, 0) is 6.54 Å². The first-order chi connectivity index (χ1) is 7.99. The van der Waals surface area contributed by atoms with Crippen LogP contribution in [0.1, 0.15) is 31.7 Å². The van der Waals surface area contributed by atoms with Crippen molar-refractivity contribution in [3.05, 3.63) is 17.7 Å². The molecule has 1 aromatic heterocycles. The van der Waals surface area contributed by atoms with Crippen molar-refractivity contribution in [3.8, 4) is 0 Å². The van der Waals surface area contributed by atoms with Gasteiger partial charge in [0, 0.05) is 24.8 Å². The number of nitrogens with zero attached hydrogens (tertiary/aromatic N) is 2. The van der Waals surface area contributed by atoms with E-state index in [2.05, 4.69) is 55.1 Å². The van der Waals surface area contributed by atoms with Crippen molar-refractivity contribution >= 4 is 0 Å². The molecule has 0 aliphatic rings. The molecule has 98 valence electrons. The Balaban J connectivity index is 2.45. The fourth-order valence-electron chi connectivity index (χ4n) is 2.04. The zero-order valence-electron chi connectivity index (χ0n) is 11.7. The second-order valence-electron chi connectivity index (χ2n) is 5.44. The van der Waals surface area contributed by atoms with Crippen LogP contribution < -0.4 is 5.32 Å². The summed E-state index contributed by atoms with van der Waals surface area (Å²) in [5, 5.41) is 3.60. The molecule has 0 aromatic carbocycles. The lowest BCUT2D eigenvalue weighted by atomic mass is 10.0. The van der Waals surface area contributed by atoms with Crippen LogP contribution in [0.5, 0.6) is 0 Å². The molecule has 4 heteroatoms. The van der Waals surface area contributed by atoms with Crippen LogP contribution >= 0.6 is 0 Å². The van der Waals surface area contributed by atoms with Gasteiger partial charge in [-0.15, -0.1) is 0 Å². The van der Waals surface area contributed by atoms with Crippen molar-refractivity contribution in [1.29, 1.82) is 0 Å². The van der Waals surface area contributed by atoms with Gasteiger partial charge in [-0.3, -0.25) is 0 Å². The smallest absolute Gasteiger partial charge is 0.0925 e. The molecule has 0 saturated heterocycles. The van der Waals surface area contributed by atoms with Gasteiger partial charge >= 0.3 is 0 Å². The molecular formula is C13H26N4. The summed E-state index contributed by atoms with van der Waals surface area (Å²) >= 11 is 0. The van der Waals surface area contributed by atoms with Gasteiger partial charge < -0.3 is 15.2 Å². The van der Waals surface area contributed by atoms with E-state index in [9.17, 15) is 0 Å². The quantitative estimate of drug-likeness (QED) is 0.761. The monoisotopic (exact) mass is 238 g/mol. The first kappa shape index (κ1) is 14.2. The number of hydrogen-bond acceptors (Lipinski definition) is 3. The molecule has 17 heavy (non-hydrogen) atoms. The van der Waals surface area contributed by atoms with Crippen molar-refractivity contribution in [3.63, 3.8) is 0 Å². The number of H-pyrrole nitrogens is 1. The Morgan fingerprint density at radius 3 is 2.59 bits per heavy atom. The van der Waals surface area contributed by atoms with E-state index in [-0.39, 0.29) is 0 Å². The highest BCUT2D eigenvalue weighted by atomic mass is 15.1. The van der Waals surface area contributed by atoms with E-state index in [1.807, 2.05) is 0 Å². The summed E-state index contributed by atoms with van der Waals surface area (Å²) < 4.78 is 0. The molecule has 1 heterocycles. The average molecular weight is 238 g/mol. The number of hydrogen-bond donors (Lipinski definition) is 2. The Hall–Kier alpha value is -0.870. The van der Waals surface area contributed by atoms with E-state index in [4.69, 9.17) is 0 Å².